The molecule has 0 aliphatic heterocycles. The van der Waals surface area contributed by atoms with Crippen molar-refractivity contribution in [2.24, 2.45) is 0 Å². The van der Waals surface area contributed by atoms with Gasteiger partial charge in [-0.15, -0.1) is 0 Å². The van der Waals surface area contributed by atoms with E-state index < -0.39 is 0 Å². The number of hydrogen-bond acceptors (Lipinski definition) is 1. The van der Waals surface area contributed by atoms with E-state index in [9.17, 15) is 0 Å². The minimum Gasteiger partial charge on any atom is -0.343 e. The molecule has 2 nitrogen and oxygen atoms in total. The smallest absolute Gasteiger partial charge is 0.0491 e. The maximum absolute atomic E-state index is 6.41. The monoisotopic (exact) mass is 402 g/mol. The van der Waals surface area contributed by atoms with E-state index in [1.165, 1.54) is 22.0 Å². The van der Waals surface area contributed by atoms with E-state index in [1.54, 1.807) is 0 Å². The van der Waals surface area contributed by atoms with E-state index in [2.05, 4.69) is 83.7 Å². The van der Waals surface area contributed by atoms with E-state index >= 15 is 0 Å². The molecule has 3 aromatic carbocycles. The predicted octanol–water partition coefficient (Wildman–Crippen LogP) is 6.97. The highest BCUT2D eigenvalue weighted by molar-refractivity contribution is 6.31. The fourth-order valence-corrected chi connectivity index (χ4v) is 4.19. The third-order valence-electron chi connectivity index (χ3n) is 5.49. The van der Waals surface area contributed by atoms with Crippen LogP contribution < -0.4 is 5.32 Å². The van der Waals surface area contributed by atoms with E-state index in [-0.39, 0.29) is 0 Å². The summed E-state index contributed by atoms with van der Waals surface area (Å²) in [4.78, 5) is 0. The number of benzene rings is 3. The number of aromatic nitrogens is 1. The average molecular weight is 403 g/mol. The summed E-state index contributed by atoms with van der Waals surface area (Å²) in [5.41, 5.74) is 5.07. The maximum atomic E-state index is 6.41. The number of hydrogen-bond donors (Lipinski definition) is 1. The summed E-state index contributed by atoms with van der Waals surface area (Å²) in [6.45, 7) is 3.86. The minimum atomic E-state index is 0.367. The van der Waals surface area contributed by atoms with Crippen LogP contribution in [0.25, 0.3) is 10.9 Å². The zero-order valence-corrected chi connectivity index (χ0v) is 17.6. The second-order valence-corrected chi connectivity index (χ2v) is 7.93. The number of nitrogens with zero attached hydrogens (tertiary/aromatic N) is 1. The Morgan fingerprint density at radius 2 is 1.59 bits per heavy atom. The summed E-state index contributed by atoms with van der Waals surface area (Å²) >= 11 is 6.41. The largest absolute Gasteiger partial charge is 0.343 e. The molecule has 0 radical (unpaired) electrons. The number of para-hydroxylation sites is 1. The minimum absolute atomic E-state index is 0.367. The molecule has 1 atom stereocenters. The standard InChI is InChI=1S/C26H27ClN2/c1-2-10-25(20-11-4-3-5-12-20)28-17-22-19-29(26-16-9-7-14-23(22)26)18-21-13-6-8-15-24(21)27/h3-9,11-16,19,25,28H,2,10,17-18H2,1H3. The molecule has 4 aromatic rings. The summed E-state index contributed by atoms with van der Waals surface area (Å²) < 4.78 is 2.31. The Balaban J connectivity index is 1.60. The molecule has 0 bridgehead atoms. The topological polar surface area (TPSA) is 17.0 Å². The summed E-state index contributed by atoms with van der Waals surface area (Å²) in [5.74, 6) is 0. The van der Waals surface area contributed by atoms with Crippen molar-refractivity contribution in [2.75, 3.05) is 0 Å². The van der Waals surface area contributed by atoms with E-state index in [1.807, 2.05) is 18.2 Å². The first-order valence-corrected chi connectivity index (χ1v) is 10.7. The van der Waals surface area contributed by atoms with Gasteiger partial charge in [-0.1, -0.05) is 91.7 Å². The Kier molecular flexibility index (Phi) is 6.33. The predicted molar refractivity (Wildman–Crippen MR) is 123 cm³/mol. The number of nitrogens with one attached hydrogen (secondary N) is 1. The van der Waals surface area contributed by atoms with Crippen LogP contribution >= 0.6 is 11.6 Å². The number of fused-ring (bicyclic) bond motifs is 1. The lowest BCUT2D eigenvalue weighted by atomic mass is 10.0. The molecular weight excluding hydrogens is 376 g/mol. The zero-order valence-electron chi connectivity index (χ0n) is 16.8. The van der Waals surface area contributed by atoms with Crippen LogP contribution in [0.5, 0.6) is 0 Å². The van der Waals surface area contributed by atoms with Crippen LogP contribution in [-0.2, 0) is 13.1 Å². The molecule has 3 heteroatoms. The maximum Gasteiger partial charge on any atom is 0.0491 e. The lowest BCUT2D eigenvalue weighted by Crippen LogP contribution is -2.20. The molecule has 1 N–H and O–H groups in total. The van der Waals surface area contributed by atoms with Crippen LogP contribution in [0.4, 0.5) is 0 Å². The Morgan fingerprint density at radius 1 is 0.862 bits per heavy atom. The van der Waals surface area contributed by atoms with Gasteiger partial charge in [-0.25, -0.2) is 0 Å². The third kappa shape index (κ3) is 4.55. The van der Waals surface area contributed by atoms with Crippen molar-refractivity contribution in [1.29, 1.82) is 0 Å². The van der Waals surface area contributed by atoms with Crippen LogP contribution in [0.15, 0.2) is 85.1 Å². The van der Waals surface area contributed by atoms with Crippen molar-refractivity contribution >= 4 is 22.5 Å². The summed E-state index contributed by atoms with van der Waals surface area (Å²) in [7, 11) is 0. The van der Waals surface area contributed by atoms with Crippen LogP contribution in [0, 0.1) is 0 Å². The van der Waals surface area contributed by atoms with Crippen molar-refractivity contribution in [1.82, 2.24) is 9.88 Å². The first-order valence-electron chi connectivity index (χ1n) is 10.3. The molecule has 0 saturated heterocycles. The average Bonchev–Trinajstić information content (AvgIpc) is 3.11. The fourth-order valence-electron chi connectivity index (χ4n) is 4.00. The Morgan fingerprint density at radius 3 is 2.38 bits per heavy atom. The van der Waals surface area contributed by atoms with Gasteiger partial charge in [0.25, 0.3) is 0 Å². The van der Waals surface area contributed by atoms with Gasteiger partial charge in [-0.3, -0.25) is 0 Å². The highest BCUT2D eigenvalue weighted by atomic mass is 35.5. The van der Waals surface area contributed by atoms with Crippen molar-refractivity contribution < 1.29 is 0 Å². The van der Waals surface area contributed by atoms with Gasteiger partial charge in [-0.2, -0.15) is 0 Å². The van der Waals surface area contributed by atoms with Crippen LogP contribution in [0.2, 0.25) is 5.02 Å². The van der Waals surface area contributed by atoms with Crippen LogP contribution in [-0.4, -0.2) is 4.57 Å². The first kappa shape index (κ1) is 19.8. The van der Waals surface area contributed by atoms with Gasteiger partial charge in [0.2, 0.25) is 0 Å². The fraction of sp³-hybridized carbons (Fsp3) is 0.231. The molecule has 0 aliphatic carbocycles. The lowest BCUT2D eigenvalue weighted by molar-refractivity contribution is 0.494. The van der Waals surface area contributed by atoms with Gasteiger partial charge < -0.3 is 9.88 Å². The lowest BCUT2D eigenvalue weighted by Gasteiger charge is -2.18. The second kappa shape index (κ2) is 9.30. The molecule has 1 heterocycles. The molecule has 1 unspecified atom stereocenters. The van der Waals surface area contributed by atoms with Crippen molar-refractivity contribution in [3.05, 3.63) is 107 Å². The molecule has 1 aromatic heterocycles. The van der Waals surface area contributed by atoms with Gasteiger partial charge in [0.1, 0.15) is 0 Å². The molecule has 0 fully saturated rings. The normalized spacial score (nSPS) is 12.3. The van der Waals surface area contributed by atoms with Gasteiger partial charge in [0.15, 0.2) is 0 Å². The molecule has 0 spiro atoms. The summed E-state index contributed by atoms with van der Waals surface area (Å²) in [6.07, 6.45) is 4.55. The Bertz CT molecular complexity index is 1070. The highest BCUT2D eigenvalue weighted by Crippen LogP contribution is 2.26. The van der Waals surface area contributed by atoms with Crippen molar-refractivity contribution in [2.45, 2.75) is 38.9 Å². The molecule has 0 aliphatic rings. The Labute approximate surface area is 178 Å². The third-order valence-corrected chi connectivity index (χ3v) is 5.86. The zero-order chi connectivity index (χ0) is 20.1. The van der Waals surface area contributed by atoms with Gasteiger partial charge in [0.05, 0.1) is 0 Å². The molecular formula is C26H27ClN2. The quantitative estimate of drug-likeness (QED) is 0.336. The Hall–Kier alpha value is -2.55. The molecule has 0 amide bonds. The highest BCUT2D eigenvalue weighted by Gasteiger charge is 2.13. The number of rotatable bonds is 8. The number of halogens is 1. The van der Waals surface area contributed by atoms with Crippen molar-refractivity contribution in [3.8, 4) is 0 Å². The molecule has 29 heavy (non-hydrogen) atoms. The van der Waals surface area contributed by atoms with E-state index in [4.69, 9.17) is 11.6 Å². The van der Waals surface area contributed by atoms with Crippen LogP contribution in [0.1, 0.15) is 42.5 Å². The van der Waals surface area contributed by atoms with Gasteiger partial charge in [-0.05, 0) is 35.2 Å². The van der Waals surface area contributed by atoms with Crippen LogP contribution in [0.3, 0.4) is 0 Å². The van der Waals surface area contributed by atoms with Gasteiger partial charge >= 0.3 is 0 Å². The summed E-state index contributed by atoms with van der Waals surface area (Å²) in [6, 6.07) is 27.8. The van der Waals surface area contributed by atoms with Gasteiger partial charge in [0, 0.05) is 41.3 Å². The molecule has 0 saturated carbocycles. The SMILES string of the molecule is CCCC(NCc1cn(Cc2ccccc2Cl)c2ccccc12)c1ccccc1. The van der Waals surface area contributed by atoms with E-state index in [0.29, 0.717) is 6.04 Å². The van der Waals surface area contributed by atoms with E-state index in [0.717, 1.165) is 36.5 Å². The van der Waals surface area contributed by atoms with Crippen molar-refractivity contribution in [3.63, 3.8) is 0 Å². The molecule has 4 rings (SSSR count). The second-order valence-electron chi connectivity index (χ2n) is 7.52. The summed E-state index contributed by atoms with van der Waals surface area (Å²) in [5, 5.41) is 5.91. The first-order chi connectivity index (χ1) is 14.3. The molecule has 148 valence electrons.